The van der Waals surface area contributed by atoms with E-state index in [0.29, 0.717) is 18.7 Å². The zero-order valence-corrected chi connectivity index (χ0v) is 12.5. The van der Waals surface area contributed by atoms with Gasteiger partial charge in [-0.1, -0.05) is 6.08 Å². The van der Waals surface area contributed by atoms with Gasteiger partial charge in [-0.25, -0.2) is 8.42 Å². The SMILES string of the molecule is COc1ccc(S(=O)(=O)N2CC[C@H]3C=CC(=O)[C@H]3C2)cc1. The van der Waals surface area contributed by atoms with Crippen molar-refractivity contribution in [1.29, 1.82) is 0 Å². The second-order valence-corrected chi connectivity index (χ2v) is 7.30. The summed E-state index contributed by atoms with van der Waals surface area (Å²) >= 11 is 0. The van der Waals surface area contributed by atoms with E-state index < -0.39 is 10.0 Å². The van der Waals surface area contributed by atoms with Crippen LogP contribution in [0.5, 0.6) is 5.75 Å². The number of ether oxygens (including phenoxy) is 1. The Morgan fingerprint density at radius 1 is 1.24 bits per heavy atom. The van der Waals surface area contributed by atoms with Crippen molar-refractivity contribution in [3.8, 4) is 5.75 Å². The molecule has 0 bridgehead atoms. The second-order valence-electron chi connectivity index (χ2n) is 5.36. The van der Waals surface area contributed by atoms with Crippen molar-refractivity contribution in [3.63, 3.8) is 0 Å². The normalized spacial score (nSPS) is 25.9. The van der Waals surface area contributed by atoms with Crippen LogP contribution in [0.15, 0.2) is 41.3 Å². The Balaban J connectivity index is 1.83. The fraction of sp³-hybridized carbons (Fsp3) is 0.400. The Morgan fingerprint density at radius 3 is 2.62 bits per heavy atom. The minimum atomic E-state index is -3.55. The summed E-state index contributed by atoms with van der Waals surface area (Å²) in [6.45, 7) is 0.720. The van der Waals surface area contributed by atoms with Crippen molar-refractivity contribution in [2.75, 3.05) is 20.2 Å². The van der Waals surface area contributed by atoms with E-state index in [0.717, 1.165) is 0 Å². The number of fused-ring (bicyclic) bond motifs is 1. The standard InChI is InChI=1S/C15H17NO4S/c1-20-12-3-5-13(6-4-12)21(18,19)16-9-8-11-2-7-15(17)14(11)10-16/h2-7,11,14H,8-10H2,1H3/t11-,14+/m1/s1. The lowest BCUT2D eigenvalue weighted by Crippen LogP contribution is -2.44. The van der Waals surface area contributed by atoms with Crippen LogP contribution in [0, 0.1) is 11.8 Å². The summed E-state index contributed by atoms with van der Waals surface area (Å²) in [6, 6.07) is 6.33. The number of piperidine rings is 1. The van der Waals surface area contributed by atoms with Gasteiger partial charge < -0.3 is 4.74 Å². The molecule has 0 amide bonds. The summed E-state index contributed by atoms with van der Waals surface area (Å²) < 4.78 is 31.7. The number of nitrogens with zero attached hydrogens (tertiary/aromatic N) is 1. The van der Waals surface area contributed by atoms with Gasteiger partial charge in [0.2, 0.25) is 10.0 Å². The summed E-state index contributed by atoms with van der Waals surface area (Å²) in [6.07, 6.45) is 4.19. The van der Waals surface area contributed by atoms with Gasteiger partial charge in [0.05, 0.1) is 12.0 Å². The number of hydrogen-bond acceptors (Lipinski definition) is 4. The molecule has 0 aromatic heterocycles. The summed E-state index contributed by atoms with van der Waals surface area (Å²) in [4.78, 5) is 12.0. The highest BCUT2D eigenvalue weighted by Crippen LogP contribution is 2.33. The molecule has 1 aliphatic heterocycles. The van der Waals surface area contributed by atoms with Gasteiger partial charge in [0.15, 0.2) is 5.78 Å². The molecule has 1 aromatic rings. The van der Waals surface area contributed by atoms with Crippen molar-refractivity contribution in [1.82, 2.24) is 4.31 Å². The maximum atomic E-state index is 12.6. The molecule has 21 heavy (non-hydrogen) atoms. The fourth-order valence-corrected chi connectivity index (χ4v) is 4.41. The molecule has 1 heterocycles. The highest BCUT2D eigenvalue weighted by atomic mass is 32.2. The Morgan fingerprint density at radius 2 is 1.95 bits per heavy atom. The van der Waals surface area contributed by atoms with Gasteiger partial charge in [0.25, 0.3) is 0 Å². The number of sulfonamides is 1. The number of allylic oxidation sites excluding steroid dienone is 2. The van der Waals surface area contributed by atoms with E-state index in [1.165, 1.54) is 23.5 Å². The number of methoxy groups -OCH3 is 1. The predicted molar refractivity (Wildman–Crippen MR) is 77.5 cm³/mol. The predicted octanol–water partition coefficient (Wildman–Crippen LogP) is 1.46. The average molecular weight is 307 g/mol. The number of carbonyl (C=O) groups is 1. The lowest BCUT2D eigenvalue weighted by atomic mass is 9.89. The van der Waals surface area contributed by atoms with E-state index in [9.17, 15) is 13.2 Å². The van der Waals surface area contributed by atoms with Gasteiger partial charge in [-0.15, -0.1) is 0 Å². The van der Waals surface area contributed by atoms with E-state index in [4.69, 9.17) is 4.74 Å². The Bertz CT molecular complexity index is 678. The van der Waals surface area contributed by atoms with E-state index in [-0.39, 0.29) is 29.1 Å². The van der Waals surface area contributed by atoms with Crippen molar-refractivity contribution < 1.29 is 17.9 Å². The molecule has 0 spiro atoms. The summed E-state index contributed by atoms with van der Waals surface area (Å²) in [5, 5.41) is 0. The van der Waals surface area contributed by atoms with Crippen LogP contribution in [-0.2, 0) is 14.8 Å². The third-order valence-corrected chi connectivity index (χ3v) is 6.08. The van der Waals surface area contributed by atoms with Crippen LogP contribution in [0.2, 0.25) is 0 Å². The summed E-state index contributed by atoms with van der Waals surface area (Å²) in [5.74, 6) is 0.629. The molecule has 0 saturated carbocycles. The molecule has 1 fully saturated rings. The Hall–Kier alpha value is -1.66. The van der Waals surface area contributed by atoms with Crippen molar-refractivity contribution in [2.24, 2.45) is 11.8 Å². The maximum absolute atomic E-state index is 12.6. The third-order valence-electron chi connectivity index (χ3n) is 4.20. The second kappa shape index (κ2) is 5.27. The molecular formula is C15H17NO4S. The molecule has 0 unspecified atom stereocenters. The summed E-state index contributed by atoms with van der Waals surface area (Å²) in [5.41, 5.74) is 0. The molecule has 112 valence electrons. The smallest absolute Gasteiger partial charge is 0.243 e. The molecule has 3 rings (SSSR count). The first-order valence-electron chi connectivity index (χ1n) is 6.88. The van der Waals surface area contributed by atoms with Crippen molar-refractivity contribution in [2.45, 2.75) is 11.3 Å². The Labute approximate surface area is 124 Å². The van der Waals surface area contributed by atoms with Crippen molar-refractivity contribution in [3.05, 3.63) is 36.4 Å². The highest BCUT2D eigenvalue weighted by molar-refractivity contribution is 7.89. The molecule has 5 nitrogen and oxygen atoms in total. The van der Waals surface area contributed by atoms with E-state index in [1.807, 2.05) is 6.08 Å². The molecule has 0 N–H and O–H groups in total. The number of ketones is 1. The lowest BCUT2D eigenvalue weighted by molar-refractivity contribution is -0.119. The van der Waals surface area contributed by atoms with Gasteiger partial charge in [-0.2, -0.15) is 4.31 Å². The monoisotopic (exact) mass is 307 g/mol. The number of benzene rings is 1. The van der Waals surface area contributed by atoms with E-state index in [1.54, 1.807) is 18.2 Å². The average Bonchev–Trinajstić information content (AvgIpc) is 2.88. The Kier molecular flexibility index (Phi) is 3.59. The van der Waals surface area contributed by atoms with Gasteiger partial charge in [0, 0.05) is 19.0 Å². The minimum Gasteiger partial charge on any atom is -0.497 e. The minimum absolute atomic E-state index is 0.0367. The van der Waals surface area contributed by atoms with Crippen LogP contribution in [-0.4, -0.2) is 38.7 Å². The maximum Gasteiger partial charge on any atom is 0.243 e. The van der Waals surface area contributed by atoms with Crippen LogP contribution in [0.25, 0.3) is 0 Å². The molecule has 1 saturated heterocycles. The molecule has 0 radical (unpaired) electrons. The largest absolute Gasteiger partial charge is 0.497 e. The van der Waals surface area contributed by atoms with Crippen LogP contribution < -0.4 is 4.74 Å². The van der Waals surface area contributed by atoms with E-state index in [2.05, 4.69) is 0 Å². The molecule has 1 aromatic carbocycles. The molecular weight excluding hydrogens is 290 g/mol. The number of hydrogen-bond donors (Lipinski definition) is 0. The van der Waals surface area contributed by atoms with Crippen LogP contribution in [0.4, 0.5) is 0 Å². The molecule has 6 heteroatoms. The first-order chi connectivity index (χ1) is 10.0. The van der Waals surface area contributed by atoms with Crippen molar-refractivity contribution >= 4 is 15.8 Å². The zero-order valence-electron chi connectivity index (χ0n) is 11.7. The van der Waals surface area contributed by atoms with Gasteiger partial charge in [-0.3, -0.25) is 4.79 Å². The molecule has 2 atom stereocenters. The summed E-state index contributed by atoms with van der Waals surface area (Å²) in [7, 11) is -2.02. The first-order valence-corrected chi connectivity index (χ1v) is 8.32. The number of rotatable bonds is 3. The topological polar surface area (TPSA) is 63.7 Å². The highest BCUT2D eigenvalue weighted by Gasteiger charge is 2.39. The fourth-order valence-electron chi connectivity index (χ4n) is 2.93. The van der Waals surface area contributed by atoms with Gasteiger partial charge >= 0.3 is 0 Å². The van der Waals surface area contributed by atoms with Gasteiger partial charge in [0.1, 0.15) is 5.75 Å². The lowest BCUT2D eigenvalue weighted by Gasteiger charge is -2.33. The molecule has 1 aliphatic carbocycles. The zero-order chi connectivity index (χ0) is 15.0. The van der Waals surface area contributed by atoms with Crippen LogP contribution in [0.3, 0.4) is 0 Å². The third kappa shape index (κ3) is 2.49. The van der Waals surface area contributed by atoms with E-state index >= 15 is 0 Å². The first kappa shape index (κ1) is 14.3. The van der Waals surface area contributed by atoms with Crippen LogP contribution >= 0.6 is 0 Å². The van der Waals surface area contributed by atoms with Crippen LogP contribution in [0.1, 0.15) is 6.42 Å². The molecule has 2 aliphatic rings. The van der Waals surface area contributed by atoms with Gasteiger partial charge in [-0.05, 0) is 42.7 Å². The quantitative estimate of drug-likeness (QED) is 0.848. The number of carbonyl (C=O) groups excluding carboxylic acids is 1.